The highest BCUT2D eigenvalue weighted by Gasteiger charge is 2.32. The monoisotopic (exact) mass is 358 g/mol. The number of rotatable bonds is 6. The number of nitrogens with zero attached hydrogens (tertiary/aromatic N) is 2. The van der Waals surface area contributed by atoms with E-state index in [2.05, 4.69) is 10.4 Å². The molecule has 0 fully saturated rings. The maximum atomic E-state index is 12.2. The number of amides is 2. The van der Waals surface area contributed by atoms with E-state index in [9.17, 15) is 9.59 Å². The van der Waals surface area contributed by atoms with Crippen molar-refractivity contribution >= 4 is 17.6 Å². The highest BCUT2D eigenvalue weighted by molar-refractivity contribution is 5.94. The summed E-state index contributed by atoms with van der Waals surface area (Å²) >= 11 is 0. The summed E-state index contributed by atoms with van der Waals surface area (Å²) < 4.78 is 12.8. The van der Waals surface area contributed by atoms with E-state index in [1.54, 1.807) is 17.8 Å². The molecule has 3 N–H and O–H groups in total. The number of primary amides is 1. The van der Waals surface area contributed by atoms with Crippen LogP contribution in [0, 0.1) is 6.92 Å². The van der Waals surface area contributed by atoms with Crippen molar-refractivity contribution in [1.29, 1.82) is 0 Å². The third kappa shape index (κ3) is 3.35. The van der Waals surface area contributed by atoms with Crippen LogP contribution in [0.1, 0.15) is 36.1 Å². The molecule has 0 saturated carbocycles. The first kappa shape index (κ1) is 17.8. The fourth-order valence-corrected chi connectivity index (χ4v) is 3.27. The Labute approximate surface area is 151 Å². The molecule has 138 valence electrons. The maximum absolute atomic E-state index is 12.2. The van der Waals surface area contributed by atoms with Gasteiger partial charge in [0.05, 0.1) is 12.3 Å². The highest BCUT2D eigenvalue weighted by Crippen LogP contribution is 2.41. The van der Waals surface area contributed by atoms with Crippen molar-refractivity contribution in [2.75, 3.05) is 18.5 Å². The third-order valence-corrected chi connectivity index (χ3v) is 4.30. The molecule has 0 radical (unpaired) electrons. The summed E-state index contributed by atoms with van der Waals surface area (Å²) in [5.41, 5.74) is 7.94. The summed E-state index contributed by atoms with van der Waals surface area (Å²) in [7, 11) is 1.81. The lowest BCUT2D eigenvalue weighted by Gasteiger charge is -2.24. The third-order valence-electron chi connectivity index (χ3n) is 4.30. The molecule has 8 heteroatoms. The normalized spacial score (nSPS) is 16.0. The molecule has 1 atom stereocenters. The number of fused-ring (bicyclic) bond motifs is 1. The summed E-state index contributed by atoms with van der Waals surface area (Å²) in [5.74, 6) is 0.930. The van der Waals surface area contributed by atoms with Crippen molar-refractivity contribution in [3.8, 4) is 11.5 Å². The molecule has 0 bridgehead atoms. The van der Waals surface area contributed by atoms with E-state index >= 15 is 0 Å². The number of nitrogens with one attached hydrogen (secondary N) is 1. The van der Waals surface area contributed by atoms with Gasteiger partial charge in [0.2, 0.25) is 5.91 Å². The van der Waals surface area contributed by atoms with E-state index in [1.165, 1.54) is 0 Å². The Balaban J connectivity index is 2.00. The summed E-state index contributed by atoms with van der Waals surface area (Å²) in [6.07, 6.45) is 0.326. The molecule has 0 saturated heterocycles. The van der Waals surface area contributed by atoms with Gasteiger partial charge in [-0.05, 0) is 31.5 Å². The first-order valence-electron chi connectivity index (χ1n) is 8.41. The van der Waals surface area contributed by atoms with E-state index in [0.717, 1.165) is 22.6 Å². The number of ether oxygens (including phenoxy) is 2. The van der Waals surface area contributed by atoms with Crippen LogP contribution >= 0.6 is 0 Å². The predicted molar refractivity (Wildman–Crippen MR) is 95.3 cm³/mol. The average molecular weight is 358 g/mol. The van der Waals surface area contributed by atoms with E-state index in [4.69, 9.17) is 15.2 Å². The van der Waals surface area contributed by atoms with E-state index in [0.29, 0.717) is 24.5 Å². The first-order chi connectivity index (χ1) is 12.4. The van der Waals surface area contributed by atoms with Gasteiger partial charge >= 0.3 is 0 Å². The second-order valence-corrected chi connectivity index (χ2v) is 6.17. The predicted octanol–water partition coefficient (Wildman–Crippen LogP) is 1.47. The van der Waals surface area contributed by atoms with Crippen molar-refractivity contribution in [2.24, 2.45) is 12.8 Å². The molecular formula is C18H22N4O4. The van der Waals surface area contributed by atoms with Gasteiger partial charge in [-0.25, -0.2) is 0 Å². The fraction of sp³-hybridized carbons (Fsp3) is 0.389. The van der Waals surface area contributed by atoms with E-state index in [1.807, 2.05) is 26.0 Å². The second kappa shape index (κ2) is 7.07. The summed E-state index contributed by atoms with van der Waals surface area (Å²) in [5, 5.41) is 7.31. The Hall–Kier alpha value is -3.03. The van der Waals surface area contributed by atoms with Crippen LogP contribution in [0.4, 0.5) is 5.82 Å². The van der Waals surface area contributed by atoms with Crippen molar-refractivity contribution < 1.29 is 19.1 Å². The van der Waals surface area contributed by atoms with Crippen molar-refractivity contribution in [3.63, 3.8) is 0 Å². The Morgan fingerprint density at radius 1 is 1.38 bits per heavy atom. The molecule has 2 aromatic rings. The Bertz CT molecular complexity index is 859. The molecule has 26 heavy (non-hydrogen) atoms. The van der Waals surface area contributed by atoms with Gasteiger partial charge in [-0.2, -0.15) is 5.10 Å². The van der Waals surface area contributed by atoms with Gasteiger partial charge in [-0.15, -0.1) is 0 Å². The number of carbonyl (C=O) groups is 2. The number of aryl methyl sites for hydroxylation is 2. The number of benzene rings is 1. The number of carbonyl (C=O) groups excluding carboxylic acids is 2. The quantitative estimate of drug-likeness (QED) is 0.813. The molecule has 0 spiro atoms. The van der Waals surface area contributed by atoms with Crippen LogP contribution in [-0.4, -0.2) is 34.8 Å². The maximum Gasteiger partial charge on any atom is 0.255 e. The van der Waals surface area contributed by atoms with Crippen LogP contribution in [0.5, 0.6) is 11.5 Å². The van der Waals surface area contributed by atoms with Crippen LogP contribution in [0.3, 0.4) is 0 Å². The van der Waals surface area contributed by atoms with Crippen molar-refractivity contribution in [2.45, 2.75) is 26.2 Å². The van der Waals surface area contributed by atoms with Gasteiger partial charge in [-0.1, -0.05) is 6.07 Å². The van der Waals surface area contributed by atoms with Gasteiger partial charge in [0, 0.05) is 24.9 Å². The van der Waals surface area contributed by atoms with Crippen molar-refractivity contribution in [3.05, 3.63) is 35.0 Å². The van der Waals surface area contributed by atoms with Gasteiger partial charge in [0.1, 0.15) is 5.82 Å². The minimum absolute atomic E-state index is 0.0579. The number of nitrogens with two attached hydrogens (primary N) is 1. The zero-order valence-corrected chi connectivity index (χ0v) is 15.0. The summed E-state index contributed by atoms with van der Waals surface area (Å²) in [6, 6.07) is 5.46. The van der Waals surface area contributed by atoms with Crippen LogP contribution in [-0.2, 0) is 16.6 Å². The van der Waals surface area contributed by atoms with Crippen LogP contribution < -0.4 is 20.5 Å². The average Bonchev–Trinajstić information content (AvgIpc) is 2.87. The van der Waals surface area contributed by atoms with Crippen molar-refractivity contribution in [1.82, 2.24) is 9.78 Å². The lowest BCUT2D eigenvalue weighted by molar-refractivity contribution is -0.120. The van der Waals surface area contributed by atoms with Crippen LogP contribution in [0.15, 0.2) is 18.2 Å². The molecule has 0 aliphatic carbocycles. The number of aromatic nitrogens is 2. The molecule has 8 nitrogen and oxygen atoms in total. The Morgan fingerprint density at radius 3 is 2.85 bits per heavy atom. The van der Waals surface area contributed by atoms with Crippen LogP contribution in [0.25, 0.3) is 0 Å². The lowest BCUT2D eigenvalue weighted by Crippen LogP contribution is -2.24. The van der Waals surface area contributed by atoms with E-state index in [-0.39, 0.29) is 18.4 Å². The first-order valence-corrected chi connectivity index (χ1v) is 8.41. The molecule has 1 aliphatic rings. The van der Waals surface area contributed by atoms with Gasteiger partial charge in [-0.3, -0.25) is 14.3 Å². The number of hydrogen-bond donors (Lipinski definition) is 2. The number of anilines is 1. The largest absolute Gasteiger partial charge is 0.490 e. The molecule has 3 rings (SSSR count). The lowest BCUT2D eigenvalue weighted by atomic mass is 9.85. The summed E-state index contributed by atoms with van der Waals surface area (Å²) in [6.45, 7) is 4.01. The minimum Gasteiger partial charge on any atom is -0.490 e. The molecule has 1 aromatic carbocycles. The topological polar surface area (TPSA) is 108 Å². The van der Waals surface area contributed by atoms with E-state index < -0.39 is 5.91 Å². The number of hydrogen-bond acceptors (Lipinski definition) is 5. The Morgan fingerprint density at radius 2 is 2.15 bits per heavy atom. The van der Waals surface area contributed by atoms with Gasteiger partial charge in [0.25, 0.3) is 5.91 Å². The zero-order chi connectivity index (χ0) is 18.8. The highest BCUT2D eigenvalue weighted by atomic mass is 16.5. The van der Waals surface area contributed by atoms with Gasteiger partial charge in [0.15, 0.2) is 18.1 Å². The summed E-state index contributed by atoms with van der Waals surface area (Å²) in [4.78, 5) is 23.1. The molecular weight excluding hydrogens is 336 g/mol. The smallest absolute Gasteiger partial charge is 0.255 e. The van der Waals surface area contributed by atoms with Gasteiger partial charge < -0.3 is 20.5 Å². The SMILES string of the molecule is CCOc1cc(C2CC(=O)Nc3c2c(C)nn3C)ccc1OCC(N)=O. The zero-order valence-electron chi connectivity index (χ0n) is 15.0. The molecule has 2 amide bonds. The molecule has 2 heterocycles. The molecule has 1 unspecified atom stereocenters. The van der Waals surface area contributed by atoms with Crippen LogP contribution in [0.2, 0.25) is 0 Å². The standard InChI is InChI=1S/C18H22N4O4/c1-4-25-14-7-11(5-6-13(14)26-9-15(19)23)12-8-16(24)20-18-17(12)10(2)21-22(18)3/h5-7,12H,4,8-9H2,1-3H3,(H2,19,23)(H,20,24). The fourth-order valence-electron chi connectivity index (χ4n) is 3.27. The molecule has 1 aromatic heterocycles. The minimum atomic E-state index is -0.559. The molecule has 1 aliphatic heterocycles. The Kier molecular flexibility index (Phi) is 4.83. The second-order valence-electron chi connectivity index (χ2n) is 6.17.